The van der Waals surface area contributed by atoms with Crippen molar-refractivity contribution < 1.29 is 22.4 Å². The third-order valence-corrected chi connectivity index (χ3v) is 7.74. The van der Waals surface area contributed by atoms with Gasteiger partial charge in [0.1, 0.15) is 0 Å². The zero-order valence-electron chi connectivity index (χ0n) is 17.6. The number of rotatable bonds is 4. The normalized spacial score (nSPS) is 14.9. The van der Waals surface area contributed by atoms with Crippen LogP contribution in [0.2, 0.25) is 0 Å². The molecule has 4 aromatic rings. The number of ether oxygens (including phenoxy) is 1. The summed E-state index contributed by atoms with van der Waals surface area (Å²) in [6, 6.07) is 12.3. The van der Waals surface area contributed by atoms with Gasteiger partial charge in [0.2, 0.25) is 0 Å². The SMILES string of the molecule is COc1cccc2cc(C(=O)N3CCN(c4nc5ccc(S(C)(=O)=O)cc5s4)CC3)oc12. The molecule has 3 heterocycles. The summed E-state index contributed by atoms with van der Waals surface area (Å²) >= 11 is 1.46. The molecule has 10 heteroatoms. The molecule has 32 heavy (non-hydrogen) atoms. The molecule has 0 bridgehead atoms. The molecular formula is C22H21N3O5S2. The number of thiazole rings is 1. The number of nitrogens with zero attached hydrogens (tertiary/aromatic N) is 3. The molecule has 1 fully saturated rings. The maximum Gasteiger partial charge on any atom is 0.289 e. The van der Waals surface area contributed by atoms with E-state index in [4.69, 9.17) is 9.15 Å². The Hall–Kier alpha value is -3.11. The first-order valence-electron chi connectivity index (χ1n) is 10.0. The molecule has 0 N–H and O–H groups in total. The summed E-state index contributed by atoms with van der Waals surface area (Å²) in [5, 5.41) is 1.65. The molecule has 0 unspecified atom stereocenters. The summed E-state index contributed by atoms with van der Waals surface area (Å²) in [4.78, 5) is 21.8. The van der Waals surface area contributed by atoms with Crippen LogP contribution in [-0.2, 0) is 9.84 Å². The molecule has 1 aliphatic heterocycles. The van der Waals surface area contributed by atoms with Crippen molar-refractivity contribution in [3.05, 3.63) is 48.2 Å². The second-order valence-electron chi connectivity index (χ2n) is 7.67. The maximum absolute atomic E-state index is 13.0. The van der Waals surface area contributed by atoms with Crippen LogP contribution in [0.4, 0.5) is 5.13 Å². The number of methoxy groups -OCH3 is 1. The third-order valence-electron chi connectivity index (χ3n) is 5.55. The molecule has 1 aliphatic rings. The largest absolute Gasteiger partial charge is 0.493 e. The minimum atomic E-state index is -3.26. The quantitative estimate of drug-likeness (QED) is 0.450. The monoisotopic (exact) mass is 471 g/mol. The maximum atomic E-state index is 13.0. The van der Waals surface area contributed by atoms with Crippen molar-refractivity contribution in [2.75, 3.05) is 44.4 Å². The molecule has 1 amide bonds. The fourth-order valence-electron chi connectivity index (χ4n) is 3.82. The lowest BCUT2D eigenvalue weighted by Gasteiger charge is -2.34. The number of benzene rings is 2. The van der Waals surface area contributed by atoms with Crippen molar-refractivity contribution >= 4 is 53.4 Å². The van der Waals surface area contributed by atoms with Crippen LogP contribution >= 0.6 is 11.3 Å². The van der Waals surface area contributed by atoms with Gasteiger partial charge in [-0.25, -0.2) is 13.4 Å². The summed E-state index contributed by atoms with van der Waals surface area (Å²) < 4.78 is 35.6. The molecule has 0 saturated carbocycles. The molecule has 0 radical (unpaired) electrons. The molecular weight excluding hydrogens is 450 g/mol. The van der Waals surface area contributed by atoms with Gasteiger partial charge in [0.05, 0.1) is 22.2 Å². The predicted octanol–water partition coefficient (Wildman–Crippen LogP) is 3.42. The summed E-state index contributed by atoms with van der Waals surface area (Å²) in [6.07, 6.45) is 1.20. The van der Waals surface area contributed by atoms with Crippen LogP contribution in [0.3, 0.4) is 0 Å². The number of para-hydroxylation sites is 1. The van der Waals surface area contributed by atoms with E-state index in [1.54, 1.807) is 42.3 Å². The van der Waals surface area contributed by atoms with Crippen LogP contribution in [0.25, 0.3) is 21.2 Å². The zero-order valence-corrected chi connectivity index (χ0v) is 19.2. The van der Waals surface area contributed by atoms with Gasteiger partial charge < -0.3 is 19.0 Å². The third kappa shape index (κ3) is 3.69. The van der Waals surface area contributed by atoms with Crippen LogP contribution < -0.4 is 9.64 Å². The van der Waals surface area contributed by atoms with Crippen LogP contribution in [0.15, 0.2) is 51.8 Å². The number of carbonyl (C=O) groups excluding carboxylic acids is 1. The molecule has 0 atom stereocenters. The van der Waals surface area contributed by atoms with Crippen LogP contribution in [0.5, 0.6) is 5.75 Å². The summed E-state index contributed by atoms with van der Waals surface area (Å²) in [7, 11) is -1.69. The van der Waals surface area contributed by atoms with Gasteiger partial charge in [-0.3, -0.25) is 4.79 Å². The second kappa shape index (κ2) is 7.79. The van der Waals surface area contributed by atoms with Gasteiger partial charge >= 0.3 is 0 Å². The van der Waals surface area contributed by atoms with Crippen LogP contribution in [0, 0.1) is 0 Å². The molecule has 0 spiro atoms. The van der Waals surface area contributed by atoms with E-state index < -0.39 is 9.84 Å². The lowest BCUT2D eigenvalue weighted by Crippen LogP contribution is -2.48. The predicted molar refractivity (Wildman–Crippen MR) is 124 cm³/mol. The number of amides is 1. The van der Waals surface area contributed by atoms with Gasteiger partial charge in [0, 0.05) is 37.8 Å². The zero-order chi connectivity index (χ0) is 22.5. The number of furan rings is 1. The Balaban J connectivity index is 1.31. The van der Waals surface area contributed by atoms with E-state index >= 15 is 0 Å². The van der Waals surface area contributed by atoms with Crippen molar-refractivity contribution in [2.24, 2.45) is 0 Å². The fraction of sp³-hybridized carbons (Fsp3) is 0.273. The van der Waals surface area contributed by atoms with Crippen molar-refractivity contribution in [3.63, 3.8) is 0 Å². The van der Waals surface area contributed by atoms with Crippen molar-refractivity contribution in [2.45, 2.75) is 4.90 Å². The highest BCUT2D eigenvalue weighted by Crippen LogP contribution is 2.32. The number of hydrogen-bond donors (Lipinski definition) is 0. The summed E-state index contributed by atoms with van der Waals surface area (Å²) in [5.74, 6) is 0.748. The van der Waals surface area contributed by atoms with Crippen molar-refractivity contribution in [3.8, 4) is 5.75 Å². The minimum Gasteiger partial charge on any atom is -0.493 e. The van der Waals surface area contributed by atoms with Crippen molar-refractivity contribution in [1.29, 1.82) is 0 Å². The van der Waals surface area contributed by atoms with E-state index in [-0.39, 0.29) is 10.8 Å². The first kappa shape index (κ1) is 20.8. The number of fused-ring (bicyclic) bond motifs is 2. The Morgan fingerprint density at radius 2 is 1.91 bits per heavy atom. The van der Waals surface area contributed by atoms with E-state index in [2.05, 4.69) is 9.88 Å². The van der Waals surface area contributed by atoms with Crippen LogP contribution in [-0.4, -0.2) is 63.8 Å². The topological polar surface area (TPSA) is 93.0 Å². The fourth-order valence-corrected chi connectivity index (χ4v) is 5.60. The van der Waals surface area contributed by atoms with E-state index in [0.717, 1.165) is 20.7 Å². The molecule has 1 saturated heterocycles. The molecule has 0 aliphatic carbocycles. The lowest BCUT2D eigenvalue weighted by molar-refractivity contribution is 0.0717. The Labute approximate surface area is 188 Å². The Kier molecular flexibility index (Phi) is 5.06. The van der Waals surface area contributed by atoms with E-state index in [0.29, 0.717) is 43.3 Å². The van der Waals surface area contributed by atoms with Gasteiger partial charge in [-0.15, -0.1) is 0 Å². The molecule has 2 aromatic heterocycles. The smallest absolute Gasteiger partial charge is 0.289 e. The highest BCUT2D eigenvalue weighted by atomic mass is 32.2. The summed E-state index contributed by atoms with van der Waals surface area (Å²) in [5.41, 5.74) is 1.34. The number of piperazine rings is 1. The molecule has 5 rings (SSSR count). The summed E-state index contributed by atoms with van der Waals surface area (Å²) in [6.45, 7) is 2.34. The number of anilines is 1. The molecule has 2 aromatic carbocycles. The van der Waals surface area contributed by atoms with Crippen LogP contribution in [0.1, 0.15) is 10.6 Å². The Bertz CT molecular complexity index is 1430. The Morgan fingerprint density at radius 3 is 2.62 bits per heavy atom. The first-order chi connectivity index (χ1) is 15.3. The van der Waals surface area contributed by atoms with Gasteiger partial charge in [0.25, 0.3) is 5.91 Å². The standard InChI is InChI=1S/C22H21N3O5S2/c1-29-17-5-3-4-14-12-18(30-20(14)17)21(26)24-8-10-25(11-9-24)22-23-16-7-6-15(32(2,27)28)13-19(16)31-22/h3-7,12-13H,8-11H2,1-2H3. The minimum absolute atomic E-state index is 0.148. The number of sulfone groups is 1. The van der Waals surface area contributed by atoms with Gasteiger partial charge in [-0.2, -0.15) is 0 Å². The average molecular weight is 472 g/mol. The second-order valence-corrected chi connectivity index (χ2v) is 10.7. The van der Waals surface area contributed by atoms with Crippen molar-refractivity contribution in [1.82, 2.24) is 9.88 Å². The van der Waals surface area contributed by atoms with E-state index in [1.807, 2.05) is 12.1 Å². The molecule has 8 nitrogen and oxygen atoms in total. The average Bonchev–Trinajstić information content (AvgIpc) is 3.41. The Morgan fingerprint density at radius 1 is 1.12 bits per heavy atom. The lowest BCUT2D eigenvalue weighted by atomic mass is 10.2. The highest BCUT2D eigenvalue weighted by molar-refractivity contribution is 7.90. The van der Waals surface area contributed by atoms with Gasteiger partial charge in [0.15, 0.2) is 32.1 Å². The van der Waals surface area contributed by atoms with E-state index in [9.17, 15) is 13.2 Å². The van der Waals surface area contributed by atoms with Gasteiger partial charge in [-0.05, 0) is 30.3 Å². The first-order valence-corrected chi connectivity index (χ1v) is 12.8. The highest BCUT2D eigenvalue weighted by Gasteiger charge is 2.26. The number of carbonyl (C=O) groups is 1. The van der Waals surface area contributed by atoms with E-state index in [1.165, 1.54) is 17.6 Å². The van der Waals surface area contributed by atoms with Gasteiger partial charge in [-0.1, -0.05) is 23.5 Å². The number of aromatic nitrogens is 1. The molecule has 166 valence electrons. The number of hydrogen-bond acceptors (Lipinski definition) is 8.